The van der Waals surface area contributed by atoms with Crippen molar-refractivity contribution in [2.45, 2.75) is 39.0 Å². The zero-order valence-corrected chi connectivity index (χ0v) is 12.6. The molecule has 1 aliphatic rings. The van der Waals surface area contributed by atoms with Crippen LogP contribution in [0.4, 0.5) is 0 Å². The molecule has 0 radical (unpaired) electrons. The summed E-state index contributed by atoms with van der Waals surface area (Å²) < 4.78 is 10.3. The van der Waals surface area contributed by atoms with Crippen molar-refractivity contribution >= 4 is 5.97 Å². The topological polar surface area (TPSA) is 35.5 Å². The molecule has 3 nitrogen and oxygen atoms in total. The quantitative estimate of drug-likeness (QED) is 0.711. The van der Waals surface area contributed by atoms with Crippen molar-refractivity contribution in [1.29, 1.82) is 0 Å². The summed E-state index contributed by atoms with van der Waals surface area (Å²) in [6, 6.07) is 8.36. The van der Waals surface area contributed by atoms with E-state index in [0.29, 0.717) is 18.4 Å². The number of hydrogen-bond donors (Lipinski definition) is 0. The van der Waals surface area contributed by atoms with E-state index in [1.165, 1.54) is 12.7 Å². The highest BCUT2D eigenvalue weighted by Crippen LogP contribution is 2.46. The minimum Gasteiger partial charge on any atom is -0.494 e. The third-order valence-electron chi connectivity index (χ3n) is 4.17. The first-order valence-electron chi connectivity index (χ1n) is 7.50. The van der Waals surface area contributed by atoms with E-state index in [1.807, 2.05) is 19.1 Å². The largest absolute Gasteiger partial charge is 0.494 e. The second-order valence-electron chi connectivity index (χ2n) is 5.47. The van der Waals surface area contributed by atoms with E-state index >= 15 is 0 Å². The second-order valence-corrected chi connectivity index (χ2v) is 5.47. The number of esters is 1. The molecule has 1 saturated carbocycles. The fourth-order valence-corrected chi connectivity index (χ4v) is 2.85. The summed E-state index contributed by atoms with van der Waals surface area (Å²) in [5, 5.41) is 0. The molecular weight excluding hydrogens is 252 g/mol. The zero-order chi connectivity index (χ0) is 14.5. The number of ether oxygens (including phenoxy) is 2. The first-order valence-corrected chi connectivity index (χ1v) is 7.50. The Morgan fingerprint density at radius 2 is 2.00 bits per heavy atom. The maximum absolute atomic E-state index is 11.5. The lowest BCUT2D eigenvalue weighted by atomic mass is 9.90. The van der Waals surface area contributed by atoms with Crippen LogP contribution in [0.1, 0.15) is 44.6 Å². The molecule has 2 rings (SSSR count). The summed E-state index contributed by atoms with van der Waals surface area (Å²) in [6.07, 6.45) is 3.16. The standard InChI is InChI=1S/C17H24O3/c1-4-12(10-14-11-16(14)17(18)19-3)13-6-8-15(9-7-13)20-5-2/h6-9,12,14,16H,4-5,10-11H2,1-3H3. The minimum atomic E-state index is -0.0449. The summed E-state index contributed by atoms with van der Waals surface area (Å²) in [6.45, 7) is 4.89. The number of hydrogen-bond acceptors (Lipinski definition) is 3. The van der Waals surface area contributed by atoms with Crippen LogP contribution in [0.3, 0.4) is 0 Å². The van der Waals surface area contributed by atoms with E-state index in [2.05, 4.69) is 19.1 Å². The van der Waals surface area contributed by atoms with Gasteiger partial charge in [0.25, 0.3) is 0 Å². The van der Waals surface area contributed by atoms with Gasteiger partial charge in [0.05, 0.1) is 19.6 Å². The van der Waals surface area contributed by atoms with Crippen LogP contribution in [0.15, 0.2) is 24.3 Å². The molecule has 110 valence electrons. The molecule has 1 fully saturated rings. The second kappa shape index (κ2) is 6.78. The smallest absolute Gasteiger partial charge is 0.308 e. The lowest BCUT2D eigenvalue weighted by Gasteiger charge is -2.15. The Balaban J connectivity index is 1.93. The molecule has 0 bridgehead atoms. The van der Waals surface area contributed by atoms with Gasteiger partial charge in [-0.15, -0.1) is 0 Å². The van der Waals surface area contributed by atoms with Gasteiger partial charge < -0.3 is 9.47 Å². The Kier molecular flexibility index (Phi) is 5.05. The van der Waals surface area contributed by atoms with E-state index in [4.69, 9.17) is 9.47 Å². The van der Waals surface area contributed by atoms with Crippen molar-refractivity contribution < 1.29 is 14.3 Å². The number of carbonyl (C=O) groups excluding carboxylic acids is 1. The highest BCUT2D eigenvalue weighted by molar-refractivity contribution is 5.75. The number of rotatable bonds is 7. The molecule has 0 spiro atoms. The summed E-state index contributed by atoms with van der Waals surface area (Å²) in [4.78, 5) is 11.5. The fraction of sp³-hybridized carbons (Fsp3) is 0.588. The van der Waals surface area contributed by atoms with Crippen LogP contribution in [0.25, 0.3) is 0 Å². The normalized spacial score (nSPS) is 22.1. The van der Waals surface area contributed by atoms with Crippen molar-refractivity contribution in [3.63, 3.8) is 0 Å². The third kappa shape index (κ3) is 3.53. The van der Waals surface area contributed by atoms with Crippen molar-refractivity contribution in [3.05, 3.63) is 29.8 Å². The minimum absolute atomic E-state index is 0.0449. The molecule has 0 amide bonds. The van der Waals surface area contributed by atoms with Gasteiger partial charge in [-0.2, -0.15) is 0 Å². The van der Waals surface area contributed by atoms with Crippen LogP contribution in [0.5, 0.6) is 5.75 Å². The Bertz CT molecular complexity index is 438. The molecule has 1 aromatic rings. The van der Waals surface area contributed by atoms with Gasteiger partial charge in [-0.05, 0) is 55.7 Å². The van der Waals surface area contributed by atoms with Gasteiger partial charge >= 0.3 is 5.97 Å². The lowest BCUT2D eigenvalue weighted by Crippen LogP contribution is -2.06. The summed E-state index contributed by atoms with van der Waals surface area (Å²) in [5.74, 6) is 2.03. The molecule has 1 aliphatic carbocycles. The SMILES string of the molecule is CCOc1ccc(C(CC)CC2CC2C(=O)OC)cc1. The Hall–Kier alpha value is -1.51. The van der Waals surface area contributed by atoms with E-state index < -0.39 is 0 Å². The summed E-state index contributed by atoms with van der Waals surface area (Å²) in [5.41, 5.74) is 1.34. The van der Waals surface area contributed by atoms with Crippen LogP contribution < -0.4 is 4.74 Å². The third-order valence-corrected chi connectivity index (χ3v) is 4.17. The zero-order valence-electron chi connectivity index (χ0n) is 12.6. The first kappa shape index (κ1) is 14.9. The number of methoxy groups -OCH3 is 1. The van der Waals surface area contributed by atoms with Crippen LogP contribution in [-0.2, 0) is 9.53 Å². The fourth-order valence-electron chi connectivity index (χ4n) is 2.85. The molecule has 3 atom stereocenters. The van der Waals surface area contributed by atoms with Gasteiger partial charge in [-0.1, -0.05) is 19.1 Å². The van der Waals surface area contributed by atoms with Gasteiger partial charge in [0.15, 0.2) is 0 Å². The predicted octanol–water partition coefficient (Wildman–Crippen LogP) is 3.78. The highest BCUT2D eigenvalue weighted by Gasteiger charge is 2.44. The Labute approximate surface area is 121 Å². The molecule has 0 aromatic heterocycles. The Morgan fingerprint density at radius 1 is 1.30 bits per heavy atom. The molecule has 20 heavy (non-hydrogen) atoms. The molecular formula is C17H24O3. The molecule has 0 aliphatic heterocycles. The molecule has 3 heteroatoms. The molecule has 0 heterocycles. The van der Waals surface area contributed by atoms with Gasteiger partial charge in [-0.3, -0.25) is 4.79 Å². The van der Waals surface area contributed by atoms with Crippen LogP contribution in [0.2, 0.25) is 0 Å². The van der Waals surface area contributed by atoms with Gasteiger partial charge in [0.2, 0.25) is 0 Å². The molecule has 0 saturated heterocycles. The van der Waals surface area contributed by atoms with Crippen LogP contribution >= 0.6 is 0 Å². The summed E-state index contributed by atoms with van der Waals surface area (Å²) in [7, 11) is 1.47. The highest BCUT2D eigenvalue weighted by atomic mass is 16.5. The monoisotopic (exact) mass is 276 g/mol. The Morgan fingerprint density at radius 3 is 2.55 bits per heavy atom. The molecule has 0 N–H and O–H groups in total. The number of carbonyl (C=O) groups is 1. The van der Waals surface area contributed by atoms with Gasteiger partial charge in [0, 0.05) is 0 Å². The van der Waals surface area contributed by atoms with Crippen molar-refractivity contribution in [1.82, 2.24) is 0 Å². The van der Waals surface area contributed by atoms with Crippen molar-refractivity contribution in [3.8, 4) is 5.75 Å². The summed E-state index contributed by atoms with van der Waals surface area (Å²) >= 11 is 0. The van der Waals surface area contributed by atoms with Crippen LogP contribution in [-0.4, -0.2) is 19.7 Å². The van der Waals surface area contributed by atoms with Gasteiger partial charge in [-0.25, -0.2) is 0 Å². The first-order chi connectivity index (χ1) is 9.69. The molecule has 1 aromatic carbocycles. The predicted molar refractivity (Wildman–Crippen MR) is 78.9 cm³/mol. The maximum atomic E-state index is 11.5. The van der Waals surface area contributed by atoms with Crippen LogP contribution in [0, 0.1) is 11.8 Å². The maximum Gasteiger partial charge on any atom is 0.308 e. The van der Waals surface area contributed by atoms with Crippen molar-refractivity contribution in [2.24, 2.45) is 11.8 Å². The van der Waals surface area contributed by atoms with E-state index in [-0.39, 0.29) is 11.9 Å². The van der Waals surface area contributed by atoms with Gasteiger partial charge in [0.1, 0.15) is 5.75 Å². The average Bonchev–Trinajstić information content (AvgIpc) is 3.24. The van der Waals surface area contributed by atoms with E-state index in [9.17, 15) is 4.79 Å². The van der Waals surface area contributed by atoms with Crippen molar-refractivity contribution in [2.75, 3.05) is 13.7 Å². The lowest BCUT2D eigenvalue weighted by molar-refractivity contribution is -0.142. The average molecular weight is 276 g/mol. The number of benzene rings is 1. The molecule has 3 unspecified atom stereocenters. The van der Waals surface area contributed by atoms with E-state index in [0.717, 1.165) is 25.0 Å². The van der Waals surface area contributed by atoms with E-state index in [1.54, 1.807) is 0 Å².